The summed E-state index contributed by atoms with van der Waals surface area (Å²) >= 11 is 0. The van der Waals surface area contributed by atoms with Gasteiger partial charge >= 0.3 is 5.97 Å². The molecule has 0 radical (unpaired) electrons. The van der Waals surface area contributed by atoms with Gasteiger partial charge in [-0.15, -0.1) is 0 Å². The highest BCUT2D eigenvalue weighted by atomic mass is 16.7. The molecule has 174 valence electrons. The summed E-state index contributed by atoms with van der Waals surface area (Å²) in [7, 11) is 0. The summed E-state index contributed by atoms with van der Waals surface area (Å²) in [5.41, 5.74) is 2.27. The number of benzene rings is 1. The Bertz CT molecular complexity index is 712. The van der Waals surface area contributed by atoms with Gasteiger partial charge in [0.1, 0.15) is 0 Å². The first-order chi connectivity index (χ1) is 14.6. The van der Waals surface area contributed by atoms with Crippen LogP contribution in [0.2, 0.25) is 0 Å². The summed E-state index contributed by atoms with van der Waals surface area (Å²) in [5, 5.41) is 9.35. The highest BCUT2D eigenvalue weighted by Gasteiger charge is 2.42. The second-order valence-electron chi connectivity index (χ2n) is 9.34. The van der Waals surface area contributed by atoms with Crippen LogP contribution in [0.5, 0.6) is 0 Å². The van der Waals surface area contributed by atoms with Crippen molar-refractivity contribution in [3.63, 3.8) is 0 Å². The van der Waals surface area contributed by atoms with Crippen molar-refractivity contribution >= 4 is 5.97 Å². The number of aliphatic carboxylic acids is 1. The molecule has 0 aromatic heterocycles. The number of carboxylic acids is 1. The van der Waals surface area contributed by atoms with E-state index in [9.17, 15) is 9.90 Å². The third kappa shape index (κ3) is 8.06. The van der Waals surface area contributed by atoms with Crippen LogP contribution < -0.4 is 0 Å². The first-order valence-electron chi connectivity index (χ1n) is 11.5. The number of ether oxygens (including phenoxy) is 3. The van der Waals surface area contributed by atoms with E-state index in [-0.39, 0.29) is 30.0 Å². The topological polar surface area (TPSA) is 65.0 Å². The van der Waals surface area contributed by atoms with Crippen LogP contribution in [0.4, 0.5) is 0 Å². The van der Waals surface area contributed by atoms with E-state index in [1.165, 1.54) is 5.56 Å². The molecule has 1 saturated heterocycles. The Balaban J connectivity index is 1.96. The van der Waals surface area contributed by atoms with Gasteiger partial charge in [0.15, 0.2) is 5.79 Å². The van der Waals surface area contributed by atoms with Gasteiger partial charge in [-0.1, -0.05) is 62.8 Å². The maximum Gasteiger partial charge on any atom is 0.306 e. The van der Waals surface area contributed by atoms with Crippen LogP contribution in [0.3, 0.4) is 0 Å². The summed E-state index contributed by atoms with van der Waals surface area (Å²) in [5.74, 6) is -1.35. The van der Waals surface area contributed by atoms with Gasteiger partial charge in [0.2, 0.25) is 0 Å². The van der Waals surface area contributed by atoms with E-state index in [4.69, 9.17) is 14.2 Å². The molecular formula is C26H40O5. The molecule has 5 nitrogen and oxygen atoms in total. The Morgan fingerprint density at radius 2 is 1.94 bits per heavy atom. The van der Waals surface area contributed by atoms with Crippen LogP contribution in [-0.4, -0.2) is 35.7 Å². The van der Waals surface area contributed by atoms with Crippen molar-refractivity contribution in [2.24, 2.45) is 17.8 Å². The highest BCUT2D eigenvalue weighted by molar-refractivity contribution is 5.70. The van der Waals surface area contributed by atoms with Crippen LogP contribution >= 0.6 is 0 Å². The fourth-order valence-corrected chi connectivity index (χ4v) is 4.42. The van der Waals surface area contributed by atoms with E-state index >= 15 is 0 Å². The molecule has 0 aliphatic carbocycles. The van der Waals surface area contributed by atoms with Gasteiger partial charge in [-0.3, -0.25) is 4.79 Å². The smallest absolute Gasteiger partial charge is 0.306 e. The van der Waals surface area contributed by atoms with Crippen molar-refractivity contribution < 1.29 is 24.1 Å². The molecule has 5 atom stereocenters. The quantitative estimate of drug-likeness (QED) is 0.352. The van der Waals surface area contributed by atoms with Gasteiger partial charge < -0.3 is 19.3 Å². The predicted molar refractivity (Wildman–Crippen MR) is 123 cm³/mol. The number of carboxylic acid groups (broad SMARTS) is 1. The lowest BCUT2D eigenvalue weighted by Crippen LogP contribution is -2.52. The zero-order valence-electron chi connectivity index (χ0n) is 20.0. The average molecular weight is 433 g/mol. The number of hydrogen-bond acceptors (Lipinski definition) is 4. The first kappa shape index (κ1) is 25.6. The number of allylic oxidation sites excluding steroid dienone is 1. The minimum absolute atomic E-state index is 0.00253. The number of rotatable bonds is 11. The molecule has 1 aromatic carbocycles. The van der Waals surface area contributed by atoms with E-state index in [2.05, 4.69) is 32.1 Å². The molecule has 2 rings (SSSR count). The molecule has 31 heavy (non-hydrogen) atoms. The molecule has 0 saturated carbocycles. The van der Waals surface area contributed by atoms with Crippen LogP contribution in [0, 0.1) is 17.8 Å². The largest absolute Gasteiger partial charge is 0.481 e. The van der Waals surface area contributed by atoms with Gasteiger partial charge in [-0.05, 0) is 45.6 Å². The molecule has 1 N–H and O–H groups in total. The Morgan fingerprint density at radius 1 is 1.26 bits per heavy atom. The van der Waals surface area contributed by atoms with Gasteiger partial charge in [-0.2, -0.15) is 0 Å². The zero-order chi connectivity index (χ0) is 23.0. The summed E-state index contributed by atoms with van der Waals surface area (Å²) in [6.07, 6.45) is 4.25. The lowest BCUT2D eigenvalue weighted by molar-refractivity contribution is -0.326. The minimum Gasteiger partial charge on any atom is -0.481 e. The highest BCUT2D eigenvalue weighted by Crippen LogP contribution is 2.36. The molecule has 1 aliphatic rings. The molecule has 0 spiro atoms. The fourth-order valence-electron chi connectivity index (χ4n) is 4.42. The van der Waals surface area contributed by atoms with Crippen molar-refractivity contribution in [3.05, 3.63) is 47.5 Å². The Hall–Kier alpha value is -1.69. The molecule has 1 aliphatic heterocycles. The third-order valence-corrected chi connectivity index (χ3v) is 6.09. The van der Waals surface area contributed by atoms with Crippen LogP contribution in [-0.2, 0) is 25.6 Å². The Morgan fingerprint density at radius 3 is 2.55 bits per heavy atom. The molecule has 1 aromatic rings. The van der Waals surface area contributed by atoms with Crippen molar-refractivity contribution in [1.29, 1.82) is 0 Å². The van der Waals surface area contributed by atoms with Gasteiger partial charge in [0.05, 0.1) is 24.7 Å². The van der Waals surface area contributed by atoms with Crippen LogP contribution in [0.25, 0.3) is 0 Å². The van der Waals surface area contributed by atoms with Crippen molar-refractivity contribution in [1.82, 2.24) is 0 Å². The normalized spacial score (nSPS) is 25.7. The second kappa shape index (κ2) is 11.8. The molecule has 1 fully saturated rings. The maximum absolute atomic E-state index is 11.4. The summed E-state index contributed by atoms with van der Waals surface area (Å²) in [4.78, 5) is 11.4. The van der Waals surface area contributed by atoms with Gasteiger partial charge in [0.25, 0.3) is 0 Å². The van der Waals surface area contributed by atoms with E-state index in [0.717, 1.165) is 12.0 Å². The van der Waals surface area contributed by atoms with E-state index in [1.807, 2.05) is 45.9 Å². The fraction of sp³-hybridized carbons (Fsp3) is 0.654. The zero-order valence-corrected chi connectivity index (χ0v) is 20.0. The van der Waals surface area contributed by atoms with Gasteiger partial charge in [0, 0.05) is 18.4 Å². The van der Waals surface area contributed by atoms with Crippen LogP contribution in [0.15, 0.2) is 42.0 Å². The SMILES string of the molecule is CC[C@@H](C/C(C)=C/[C@@H](C)[C@H]1OC(C)(C)O[C@@H](CCOCc2ccccc2)[C@@H]1C)C(=O)O. The molecular weight excluding hydrogens is 392 g/mol. The molecule has 0 unspecified atom stereocenters. The Kier molecular flexibility index (Phi) is 9.73. The predicted octanol–water partition coefficient (Wildman–Crippen LogP) is 5.83. The van der Waals surface area contributed by atoms with Gasteiger partial charge in [-0.25, -0.2) is 0 Å². The molecule has 0 amide bonds. The molecule has 1 heterocycles. The second-order valence-corrected chi connectivity index (χ2v) is 9.34. The standard InChI is InChI=1S/C26H40O5/c1-7-22(25(27)28)16-18(2)15-19(3)24-20(4)23(30-26(5,6)31-24)13-14-29-17-21-11-9-8-10-12-21/h8-12,15,19-20,22-24H,7,13-14,16-17H2,1-6H3,(H,27,28)/b18-15+/t19-,20+,22+,23+,24-/m1/s1. The van der Waals surface area contributed by atoms with E-state index in [0.29, 0.717) is 26.1 Å². The Labute approximate surface area is 187 Å². The summed E-state index contributed by atoms with van der Waals surface area (Å²) in [6.45, 7) is 13.4. The van der Waals surface area contributed by atoms with Crippen molar-refractivity contribution in [3.8, 4) is 0 Å². The van der Waals surface area contributed by atoms with E-state index < -0.39 is 11.8 Å². The summed E-state index contributed by atoms with van der Waals surface area (Å²) in [6, 6.07) is 10.2. The average Bonchev–Trinajstić information content (AvgIpc) is 2.71. The first-order valence-corrected chi connectivity index (χ1v) is 11.5. The minimum atomic E-state index is -0.727. The molecule has 0 bridgehead atoms. The molecule has 5 heteroatoms. The third-order valence-electron chi connectivity index (χ3n) is 6.09. The monoisotopic (exact) mass is 432 g/mol. The lowest BCUT2D eigenvalue weighted by atomic mass is 9.84. The van der Waals surface area contributed by atoms with Crippen LogP contribution in [0.1, 0.15) is 66.4 Å². The van der Waals surface area contributed by atoms with E-state index in [1.54, 1.807) is 0 Å². The number of carbonyl (C=O) groups is 1. The number of hydrogen-bond donors (Lipinski definition) is 1. The van der Waals surface area contributed by atoms with Crippen molar-refractivity contribution in [2.75, 3.05) is 6.61 Å². The summed E-state index contributed by atoms with van der Waals surface area (Å²) < 4.78 is 18.4. The maximum atomic E-state index is 11.4. The lowest BCUT2D eigenvalue weighted by Gasteiger charge is -2.46. The van der Waals surface area contributed by atoms with Crippen molar-refractivity contribution in [2.45, 2.75) is 85.4 Å².